The quantitative estimate of drug-likeness (QED) is 0.734. The van der Waals surface area contributed by atoms with Gasteiger partial charge < -0.3 is 5.73 Å². The molecule has 0 heterocycles. The summed E-state index contributed by atoms with van der Waals surface area (Å²) in [7, 11) is 0. The molecule has 2 N–H and O–H groups in total. The van der Waals surface area contributed by atoms with Crippen LogP contribution in [0.1, 0.15) is 11.1 Å². The molecule has 0 aliphatic carbocycles. The summed E-state index contributed by atoms with van der Waals surface area (Å²) in [5.41, 5.74) is 7.32. The summed E-state index contributed by atoms with van der Waals surface area (Å²) in [6.45, 7) is 0.534. The Morgan fingerprint density at radius 3 is 2.57 bits per heavy atom. The number of rotatable bonds is 1. The standard InChI is InChI=1S/C12H10N2/c13-7-9-1-3-11-4-2-10(8-14)6-12(11)5-9/h1-6H,7,13H2. The monoisotopic (exact) mass is 182 g/mol. The molecule has 68 valence electrons. The van der Waals surface area contributed by atoms with Gasteiger partial charge in [-0.2, -0.15) is 5.26 Å². The maximum absolute atomic E-state index is 8.75. The van der Waals surface area contributed by atoms with Crippen molar-refractivity contribution in [2.24, 2.45) is 5.73 Å². The fraction of sp³-hybridized carbons (Fsp3) is 0.0833. The maximum Gasteiger partial charge on any atom is 0.0991 e. The van der Waals surface area contributed by atoms with Gasteiger partial charge in [0.2, 0.25) is 0 Å². The lowest BCUT2D eigenvalue weighted by molar-refractivity contribution is 1.08. The Morgan fingerprint density at radius 1 is 1.07 bits per heavy atom. The van der Waals surface area contributed by atoms with Crippen molar-refractivity contribution < 1.29 is 0 Å². The Morgan fingerprint density at radius 2 is 1.86 bits per heavy atom. The van der Waals surface area contributed by atoms with Crippen LogP contribution in [0.15, 0.2) is 36.4 Å². The van der Waals surface area contributed by atoms with Gasteiger partial charge in [0, 0.05) is 6.54 Å². The number of benzene rings is 2. The van der Waals surface area contributed by atoms with Crippen molar-refractivity contribution >= 4 is 10.8 Å². The molecule has 0 aliphatic rings. The molecule has 14 heavy (non-hydrogen) atoms. The van der Waals surface area contributed by atoms with E-state index in [0.717, 1.165) is 16.3 Å². The molecule has 2 aromatic carbocycles. The number of nitrogens with zero attached hydrogens (tertiary/aromatic N) is 1. The molecule has 0 aromatic heterocycles. The zero-order valence-corrected chi connectivity index (χ0v) is 7.70. The number of hydrogen-bond donors (Lipinski definition) is 1. The zero-order chi connectivity index (χ0) is 9.97. The highest BCUT2D eigenvalue weighted by Crippen LogP contribution is 2.17. The Kier molecular flexibility index (Phi) is 2.18. The van der Waals surface area contributed by atoms with Gasteiger partial charge in [-0.25, -0.2) is 0 Å². The normalized spacial score (nSPS) is 10.0. The Hall–Kier alpha value is -1.85. The van der Waals surface area contributed by atoms with E-state index in [1.165, 1.54) is 0 Å². The van der Waals surface area contributed by atoms with Crippen LogP contribution in [-0.4, -0.2) is 0 Å². The van der Waals surface area contributed by atoms with E-state index >= 15 is 0 Å². The smallest absolute Gasteiger partial charge is 0.0991 e. The van der Waals surface area contributed by atoms with Gasteiger partial charge in [0.25, 0.3) is 0 Å². The summed E-state index contributed by atoms with van der Waals surface area (Å²) in [5.74, 6) is 0. The highest BCUT2D eigenvalue weighted by Gasteiger charge is 1.96. The SMILES string of the molecule is N#Cc1ccc2ccc(CN)cc2c1. The third kappa shape index (κ3) is 1.46. The Balaban J connectivity index is 2.67. The van der Waals surface area contributed by atoms with E-state index in [2.05, 4.69) is 6.07 Å². The average Bonchev–Trinajstić information content (AvgIpc) is 2.27. The summed E-state index contributed by atoms with van der Waals surface area (Å²) in [6.07, 6.45) is 0. The van der Waals surface area contributed by atoms with Gasteiger partial charge in [0.05, 0.1) is 11.6 Å². The highest BCUT2D eigenvalue weighted by atomic mass is 14.5. The van der Waals surface area contributed by atoms with Gasteiger partial charge in [0.15, 0.2) is 0 Å². The highest BCUT2D eigenvalue weighted by molar-refractivity contribution is 5.84. The summed E-state index contributed by atoms with van der Waals surface area (Å²) >= 11 is 0. The molecule has 0 saturated carbocycles. The summed E-state index contributed by atoms with van der Waals surface area (Å²) < 4.78 is 0. The van der Waals surface area contributed by atoms with Crippen molar-refractivity contribution in [1.29, 1.82) is 5.26 Å². The van der Waals surface area contributed by atoms with E-state index in [9.17, 15) is 0 Å². The van der Waals surface area contributed by atoms with Crippen LogP contribution >= 0.6 is 0 Å². The fourth-order valence-corrected chi connectivity index (χ4v) is 1.49. The lowest BCUT2D eigenvalue weighted by Crippen LogP contribution is -1.95. The third-order valence-corrected chi connectivity index (χ3v) is 2.27. The van der Waals surface area contributed by atoms with Crippen LogP contribution in [0.4, 0.5) is 0 Å². The van der Waals surface area contributed by atoms with Crippen molar-refractivity contribution in [3.8, 4) is 6.07 Å². The summed E-state index contributed by atoms with van der Waals surface area (Å²) in [4.78, 5) is 0. The summed E-state index contributed by atoms with van der Waals surface area (Å²) in [5, 5.41) is 11.0. The fourth-order valence-electron chi connectivity index (χ4n) is 1.49. The second-order valence-electron chi connectivity index (χ2n) is 3.21. The van der Waals surface area contributed by atoms with E-state index in [4.69, 9.17) is 11.0 Å². The molecule has 2 heteroatoms. The van der Waals surface area contributed by atoms with Crippen LogP contribution in [-0.2, 0) is 6.54 Å². The third-order valence-electron chi connectivity index (χ3n) is 2.27. The lowest BCUT2D eigenvalue weighted by Gasteiger charge is -2.01. The average molecular weight is 182 g/mol. The summed E-state index contributed by atoms with van der Waals surface area (Å²) in [6, 6.07) is 13.8. The molecule has 2 nitrogen and oxygen atoms in total. The molecule has 0 saturated heterocycles. The van der Waals surface area contributed by atoms with Crippen LogP contribution in [0.5, 0.6) is 0 Å². The molecule has 0 bridgehead atoms. The number of hydrogen-bond acceptors (Lipinski definition) is 2. The van der Waals surface area contributed by atoms with Gasteiger partial charge in [-0.1, -0.05) is 18.2 Å². The molecular formula is C12H10N2. The largest absolute Gasteiger partial charge is 0.326 e. The van der Waals surface area contributed by atoms with E-state index in [1.807, 2.05) is 36.4 Å². The van der Waals surface area contributed by atoms with Crippen LogP contribution in [0.2, 0.25) is 0 Å². The first kappa shape index (κ1) is 8.74. The minimum Gasteiger partial charge on any atom is -0.326 e. The van der Waals surface area contributed by atoms with Gasteiger partial charge in [0.1, 0.15) is 0 Å². The van der Waals surface area contributed by atoms with Gasteiger partial charge in [-0.05, 0) is 34.5 Å². The zero-order valence-electron chi connectivity index (χ0n) is 7.70. The van der Waals surface area contributed by atoms with Crippen LogP contribution < -0.4 is 5.73 Å². The second kappa shape index (κ2) is 3.49. The lowest BCUT2D eigenvalue weighted by atomic mass is 10.0. The molecular weight excluding hydrogens is 172 g/mol. The molecule has 0 spiro atoms. The van der Waals surface area contributed by atoms with Crippen LogP contribution in [0.25, 0.3) is 10.8 Å². The molecule has 0 fully saturated rings. The number of fused-ring (bicyclic) bond motifs is 1. The minimum absolute atomic E-state index is 0.534. The van der Waals surface area contributed by atoms with Crippen molar-refractivity contribution in [3.63, 3.8) is 0 Å². The first-order chi connectivity index (χ1) is 6.83. The first-order valence-corrected chi connectivity index (χ1v) is 4.46. The van der Waals surface area contributed by atoms with Crippen molar-refractivity contribution in [1.82, 2.24) is 0 Å². The van der Waals surface area contributed by atoms with Gasteiger partial charge in [-0.3, -0.25) is 0 Å². The maximum atomic E-state index is 8.75. The molecule has 2 rings (SSSR count). The van der Waals surface area contributed by atoms with Crippen molar-refractivity contribution in [3.05, 3.63) is 47.5 Å². The Bertz CT molecular complexity index is 509. The second-order valence-corrected chi connectivity index (χ2v) is 3.21. The number of nitrogens with two attached hydrogens (primary N) is 1. The Labute approximate surface area is 82.6 Å². The first-order valence-electron chi connectivity index (χ1n) is 4.46. The van der Waals surface area contributed by atoms with Gasteiger partial charge in [-0.15, -0.1) is 0 Å². The molecule has 2 aromatic rings. The topological polar surface area (TPSA) is 49.8 Å². The van der Waals surface area contributed by atoms with Crippen LogP contribution in [0, 0.1) is 11.3 Å². The van der Waals surface area contributed by atoms with E-state index in [-0.39, 0.29) is 0 Å². The minimum atomic E-state index is 0.534. The number of nitriles is 1. The van der Waals surface area contributed by atoms with Gasteiger partial charge >= 0.3 is 0 Å². The molecule has 0 unspecified atom stereocenters. The van der Waals surface area contributed by atoms with Crippen molar-refractivity contribution in [2.45, 2.75) is 6.54 Å². The van der Waals surface area contributed by atoms with E-state index in [0.29, 0.717) is 12.1 Å². The predicted octanol–water partition coefficient (Wildman–Crippen LogP) is 2.17. The van der Waals surface area contributed by atoms with Crippen LogP contribution in [0.3, 0.4) is 0 Å². The molecule has 0 atom stereocenters. The van der Waals surface area contributed by atoms with Crippen molar-refractivity contribution in [2.75, 3.05) is 0 Å². The van der Waals surface area contributed by atoms with E-state index in [1.54, 1.807) is 0 Å². The molecule has 0 radical (unpaired) electrons. The predicted molar refractivity (Wildman–Crippen MR) is 56.6 cm³/mol. The molecule has 0 aliphatic heterocycles. The molecule has 0 amide bonds. The van der Waals surface area contributed by atoms with E-state index < -0.39 is 0 Å².